The summed E-state index contributed by atoms with van der Waals surface area (Å²) in [6, 6.07) is 21.5. The smallest absolute Gasteiger partial charge is 0.324 e. The van der Waals surface area contributed by atoms with Crippen LogP contribution in [0.2, 0.25) is 0 Å². The summed E-state index contributed by atoms with van der Waals surface area (Å²) in [5, 5.41) is 2.92. The van der Waals surface area contributed by atoms with Crippen molar-refractivity contribution in [3.8, 4) is 0 Å². The zero-order valence-electron chi connectivity index (χ0n) is 21.9. The predicted octanol–water partition coefficient (Wildman–Crippen LogP) is 3.87. The average molecular weight is 550 g/mol. The van der Waals surface area contributed by atoms with E-state index in [9.17, 15) is 18.0 Å². The second kappa shape index (κ2) is 14.0. The first kappa shape index (κ1) is 28.4. The van der Waals surface area contributed by atoms with Crippen LogP contribution in [0.1, 0.15) is 42.4 Å². The van der Waals surface area contributed by atoms with Crippen molar-refractivity contribution in [1.29, 1.82) is 0 Å². The van der Waals surface area contributed by atoms with Gasteiger partial charge in [0.15, 0.2) is 0 Å². The van der Waals surface area contributed by atoms with Crippen molar-refractivity contribution in [1.82, 2.24) is 14.6 Å². The number of aromatic nitrogens is 1. The van der Waals surface area contributed by atoms with Crippen LogP contribution in [0, 0.1) is 5.92 Å². The van der Waals surface area contributed by atoms with E-state index in [1.165, 1.54) is 4.31 Å². The number of ether oxygens (including phenoxy) is 1. The molecule has 1 amide bonds. The third kappa shape index (κ3) is 8.46. The minimum Gasteiger partial charge on any atom is -0.464 e. The zero-order chi connectivity index (χ0) is 27.5. The van der Waals surface area contributed by atoms with Crippen LogP contribution in [0.5, 0.6) is 0 Å². The Morgan fingerprint density at radius 3 is 2.33 bits per heavy atom. The summed E-state index contributed by atoms with van der Waals surface area (Å²) in [4.78, 5) is 30.4. The largest absolute Gasteiger partial charge is 0.464 e. The molecule has 3 aromatic rings. The Morgan fingerprint density at radius 2 is 1.64 bits per heavy atom. The third-order valence-corrected chi connectivity index (χ3v) is 8.74. The van der Waals surface area contributed by atoms with Crippen molar-refractivity contribution in [2.45, 2.75) is 50.4 Å². The number of esters is 1. The van der Waals surface area contributed by atoms with E-state index in [-0.39, 0.29) is 24.8 Å². The number of hydrogen-bond donors (Lipinski definition) is 1. The van der Waals surface area contributed by atoms with Gasteiger partial charge in [-0.05, 0) is 54.9 Å². The minimum absolute atomic E-state index is 0.117. The number of rotatable bonds is 12. The second-order valence-electron chi connectivity index (χ2n) is 9.79. The quantitative estimate of drug-likeness (QED) is 0.344. The molecule has 0 spiro atoms. The predicted molar refractivity (Wildman–Crippen MR) is 149 cm³/mol. The van der Waals surface area contributed by atoms with Crippen LogP contribution in [-0.4, -0.2) is 48.8 Å². The van der Waals surface area contributed by atoms with Crippen LogP contribution in [0.3, 0.4) is 0 Å². The van der Waals surface area contributed by atoms with Gasteiger partial charge in [0.2, 0.25) is 15.9 Å². The number of aryl methyl sites for hydroxylation is 1. The number of nitrogens with zero attached hydrogens (tertiary/aromatic N) is 2. The molecule has 2 atom stereocenters. The second-order valence-corrected chi connectivity index (χ2v) is 11.7. The molecule has 4 rings (SSSR count). The highest BCUT2D eigenvalue weighted by Crippen LogP contribution is 2.24. The standard InChI is InChI=1S/C30H35N3O5S/c34-29(32-21-26-14-9-18-31-20-26)27(17-16-24-10-3-1-4-11-24)22-38-30(35)28-15-7-8-19-33(28)39(36,37)23-25-12-5-2-6-13-25/h1-6,9-14,18,20,27-28H,7-8,15-17,19,21-23H2,(H,32,34)/t27-,28+/m1/s1. The molecule has 2 heterocycles. The number of carbonyl (C=O) groups is 2. The molecule has 1 N–H and O–H groups in total. The van der Waals surface area contributed by atoms with E-state index in [1.54, 1.807) is 42.7 Å². The number of nitrogens with one attached hydrogen (secondary N) is 1. The van der Waals surface area contributed by atoms with Gasteiger partial charge in [0.05, 0.1) is 11.7 Å². The average Bonchev–Trinajstić information content (AvgIpc) is 2.97. The lowest BCUT2D eigenvalue weighted by molar-refractivity contribution is -0.151. The summed E-state index contributed by atoms with van der Waals surface area (Å²) in [5.74, 6) is -1.58. The van der Waals surface area contributed by atoms with Gasteiger partial charge in [0, 0.05) is 25.5 Å². The first-order valence-corrected chi connectivity index (χ1v) is 14.9. The summed E-state index contributed by atoms with van der Waals surface area (Å²) in [6.07, 6.45) is 6.30. The van der Waals surface area contributed by atoms with E-state index < -0.39 is 28.0 Å². The van der Waals surface area contributed by atoms with Gasteiger partial charge in [-0.2, -0.15) is 4.31 Å². The van der Waals surface area contributed by atoms with Gasteiger partial charge in [-0.1, -0.05) is 66.7 Å². The molecular formula is C30H35N3O5S. The van der Waals surface area contributed by atoms with Crippen LogP contribution < -0.4 is 5.32 Å². The van der Waals surface area contributed by atoms with E-state index in [4.69, 9.17) is 4.74 Å². The Bertz CT molecular complexity index is 1300. The Kier molecular flexibility index (Phi) is 10.2. The first-order valence-electron chi connectivity index (χ1n) is 13.3. The topological polar surface area (TPSA) is 106 Å². The van der Waals surface area contributed by atoms with Crippen LogP contribution in [-0.2, 0) is 43.1 Å². The molecule has 9 heteroatoms. The minimum atomic E-state index is -3.72. The maximum Gasteiger partial charge on any atom is 0.324 e. The highest BCUT2D eigenvalue weighted by atomic mass is 32.2. The van der Waals surface area contributed by atoms with E-state index in [0.717, 1.165) is 17.5 Å². The highest BCUT2D eigenvalue weighted by molar-refractivity contribution is 7.88. The Hall–Kier alpha value is -3.56. The number of piperidine rings is 1. The molecule has 1 aromatic heterocycles. The van der Waals surface area contributed by atoms with E-state index in [0.29, 0.717) is 37.8 Å². The fraction of sp³-hybridized carbons (Fsp3) is 0.367. The van der Waals surface area contributed by atoms with Crippen LogP contribution in [0.25, 0.3) is 0 Å². The Morgan fingerprint density at radius 1 is 0.949 bits per heavy atom. The van der Waals surface area contributed by atoms with Crippen LogP contribution in [0.4, 0.5) is 0 Å². The lowest BCUT2D eigenvalue weighted by atomic mass is 9.99. The van der Waals surface area contributed by atoms with Crippen molar-refractivity contribution in [3.05, 3.63) is 102 Å². The summed E-state index contributed by atoms with van der Waals surface area (Å²) < 4.78 is 33.4. The maximum absolute atomic E-state index is 13.2. The molecule has 1 aliphatic heterocycles. The molecular weight excluding hydrogens is 514 g/mol. The fourth-order valence-electron chi connectivity index (χ4n) is 4.73. The lowest BCUT2D eigenvalue weighted by Crippen LogP contribution is -2.49. The molecule has 2 aromatic carbocycles. The molecule has 0 unspecified atom stereocenters. The monoisotopic (exact) mass is 549 g/mol. The van der Waals surface area contributed by atoms with Crippen LogP contribution in [0.15, 0.2) is 85.2 Å². The van der Waals surface area contributed by atoms with Gasteiger partial charge in [0.25, 0.3) is 0 Å². The number of hydrogen-bond acceptors (Lipinski definition) is 6. The van der Waals surface area contributed by atoms with Crippen molar-refractivity contribution in [2.24, 2.45) is 5.92 Å². The molecule has 1 fully saturated rings. The Balaban J connectivity index is 1.41. The number of benzene rings is 2. The van der Waals surface area contributed by atoms with Gasteiger partial charge in [-0.3, -0.25) is 14.6 Å². The van der Waals surface area contributed by atoms with Crippen molar-refractivity contribution < 1.29 is 22.7 Å². The highest BCUT2D eigenvalue weighted by Gasteiger charge is 2.38. The van der Waals surface area contributed by atoms with E-state index in [1.807, 2.05) is 42.5 Å². The molecule has 0 bridgehead atoms. The molecule has 8 nitrogen and oxygen atoms in total. The van der Waals surface area contributed by atoms with Gasteiger partial charge in [-0.25, -0.2) is 8.42 Å². The van der Waals surface area contributed by atoms with Gasteiger partial charge in [-0.15, -0.1) is 0 Å². The number of amides is 1. The van der Waals surface area contributed by atoms with Crippen molar-refractivity contribution in [3.63, 3.8) is 0 Å². The number of carbonyl (C=O) groups excluding carboxylic acids is 2. The summed E-state index contributed by atoms with van der Waals surface area (Å²) >= 11 is 0. The van der Waals surface area contributed by atoms with Crippen molar-refractivity contribution >= 4 is 21.9 Å². The van der Waals surface area contributed by atoms with E-state index in [2.05, 4.69) is 10.3 Å². The van der Waals surface area contributed by atoms with Crippen LogP contribution >= 0.6 is 0 Å². The van der Waals surface area contributed by atoms with E-state index >= 15 is 0 Å². The summed E-state index contributed by atoms with van der Waals surface area (Å²) in [6.45, 7) is 0.474. The fourth-order valence-corrected chi connectivity index (χ4v) is 6.50. The molecule has 1 saturated heterocycles. The summed E-state index contributed by atoms with van der Waals surface area (Å²) in [5.41, 5.74) is 2.62. The molecule has 0 radical (unpaired) electrons. The molecule has 0 aliphatic carbocycles. The molecule has 1 aliphatic rings. The normalized spacial score (nSPS) is 16.8. The Labute approximate surface area is 230 Å². The van der Waals surface area contributed by atoms with Gasteiger partial charge < -0.3 is 10.1 Å². The lowest BCUT2D eigenvalue weighted by Gasteiger charge is -2.33. The van der Waals surface area contributed by atoms with Crippen molar-refractivity contribution in [2.75, 3.05) is 13.2 Å². The van der Waals surface area contributed by atoms with Gasteiger partial charge in [0.1, 0.15) is 12.6 Å². The molecule has 206 valence electrons. The maximum atomic E-state index is 13.2. The zero-order valence-corrected chi connectivity index (χ0v) is 22.8. The molecule has 0 saturated carbocycles. The number of sulfonamides is 1. The molecule has 39 heavy (non-hydrogen) atoms. The van der Waals surface area contributed by atoms with Gasteiger partial charge >= 0.3 is 5.97 Å². The third-order valence-electron chi connectivity index (χ3n) is 6.89. The number of pyridine rings is 1. The SMILES string of the molecule is O=C(NCc1cccnc1)[C@H](CCc1ccccc1)COC(=O)[C@@H]1CCCCN1S(=O)(=O)Cc1ccccc1. The summed E-state index contributed by atoms with van der Waals surface area (Å²) in [7, 11) is -3.72. The first-order chi connectivity index (χ1) is 18.9.